The second kappa shape index (κ2) is 1.62. The highest BCUT2D eigenvalue weighted by molar-refractivity contribution is 7.97. The average molecular weight is 107 g/mol. The van der Waals surface area contributed by atoms with Crippen LogP contribution in [-0.4, -0.2) is 23.4 Å². The summed E-state index contributed by atoms with van der Waals surface area (Å²) in [5.74, 6) is 3.31. The molecule has 0 amide bonds. The van der Waals surface area contributed by atoms with Gasteiger partial charge < -0.3 is 0 Å². The van der Waals surface area contributed by atoms with Gasteiger partial charge in [0.25, 0.3) is 0 Å². The molecule has 0 aliphatic carbocycles. The Morgan fingerprint density at radius 2 is 2.00 bits per heavy atom. The van der Waals surface area contributed by atoms with Crippen LogP contribution in [0, 0.1) is 0 Å². The second-order valence-corrected chi connectivity index (χ2v) is 3.63. The Morgan fingerprint density at radius 3 is 2.00 bits per heavy atom. The lowest BCUT2D eigenvalue weighted by molar-refractivity contribution is 0.680. The van der Waals surface area contributed by atoms with Crippen molar-refractivity contribution in [1.29, 1.82) is 0 Å². The zero-order valence-corrected chi connectivity index (χ0v) is 4.84. The van der Waals surface area contributed by atoms with Gasteiger partial charge in [0, 0.05) is 16.0 Å². The fraction of sp³-hybridized carbons (Fsp3) is 0.667. The van der Waals surface area contributed by atoms with Crippen LogP contribution in [0.15, 0.2) is 0 Å². The lowest BCUT2D eigenvalue weighted by Crippen LogP contribution is -2.14. The van der Waals surface area contributed by atoms with E-state index in [0.717, 1.165) is 0 Å². The molecule has 1 unspecified atom stereocenters. The molecule has 0 rings (SSSR count). The molecular weight excluding hydrogens is 98.1 g/mol. The molecule has 0 radical (unpaired) electrons. The molecule has 1 N–H and O–H groups in total. The van der Waals surface area contributed by atoms with Crippen molar-refractivity contribution in [3.05, 3.63) is 0 Å². The molecule has 0 heterocycles. The maximum atomic E-state index is 10.3. The molecular formula is C3H9NOS. The molecule has 0 aliphatic heterocycles. The SMILES string of the molecule is C=S(C)(=O)NC. The Balaban J connectivity index is 3.85. The van der Waals surface area contributed by atoms with Gasteiger partial charge in [0.15, 0.2) is 0 Å². The van der Waals surface area contributed by atoms with Crippen LogP contribution in [0.25, 0.3) is 0 Å². The summed E-state index contributed by atoms with van der Waals surface area (Å²) in [4.78, 5) is 0. The van der Waals surface area contributed by atoms with Crippen molar-refractivity contribution in [2.24, 2.45) is 0 Å². The van der Waals surface area contributed by atoms with Crippen LogP contribution in [0.2, 0.25) is 0 Å². The first kappa shape index (κ1) is 5.98. The molecule has 0 bridgehead atoms. The van der Waals surface area contributed by atoms with Crippen molar-refractivity contribution in [2.75, 3.05) is 13.3 Å². The second-order valence-electron chi connectivity index (χ2n) is 1.21. The van der Waals surface area contributed by atoms with Crippen molar-refractivity contribution >= 4 is 15.6 Å². The molecule has 0 saturated heterocycles. The minimum absolute atomic E-state index is 1.55. The summed E-state index contributed by atoms with van der Waals surface area (Å²) in [6.45, 7) is 0. The van der Waals surface area contributed by atoms with Crippen LogP contribution in [0.4, 0.5) is 0 Å². The zero-order chi connectivity index (χ0) is 5.21. The highest BCUT2D eigenvalue weighted by Crippen LogP contribution is 1.63. The molecule has 0 fully saturated rings. The maximum Gasteiger partial charge on any atom is 0.0217 e. The predicted molar refractivity (Wildman–Crippen MR) is 30.2 cm³/mol. The van der Waals surface area contributed by atoms with E-state index >= 15 is 0 Å². The van der Waals surface area contributed by atoms with Gasteiger partial charge in [-0.05, 0) is 12.9 Å². The van der Waals surface area contributed by atoms with Crippen LogP contribution in [0.5, 0.6) is 0 Å². The molecule has 0 spiro atoms. The standard InChI is InChI=1S/C3H9NOS/c1-4-6(2,3)5/h2H2,1,3H3,(H,4,5). The third kappa shape index (κ3) is 3.98. The van der Waals surface area contributed by atoms with Crippen LogP contribution in [-0.2, 0) is 9.71 Å². The quantitative estimate of drug-likeness (QED) is 0.448. The molecule has 0 aromatic heterocycles. The summed E-state index contributed by atoms with van der Waals surface area (Å²) in [6.07, 6.45) is 1.55. The smallest absolute Gasteiger partial charge is 0.0217 e. The fourth-order valence-corrected chi connectivity index (χ4v) is 0. The summed E-state index contributed by atoms with van der Waals surface area (Å²) in [5, 5.41) is 0. The number of hydrogen-bond acceptors (Lipinski definition) is 1. The van der Waals surface area contributed by atoms with E-state index in [1.807, 2.05) is 0 Å². The summed E-state index contributed by atoms with van der Waals surface area (Å²) in [7, 11) is -0.292. The first-order chi connectivity index (χ1) is 2.56. The van der Waals surface area contributed by atoms with Gasteiger partial charge in [-0.15, -0.1) is 0 Å². The van der Waals surface area contributed by atoms with Gasteiger partial charge in [0.05, 0.1) is 0 Å². The molecule has 0 saturated carbocycles. The van der Waals surface area contributed by atoms with Crippen molar-refractivity contribution < 1.29 is 4.21 Å². The van der Waals surface area contributed by atoms with E-state index < -0.39 is 9.71 Å². The molecule has 0 aromatic carbocycles. The Kier molecular flexibility index (Phi) is 1.61. The summed E-state index contributed by atoms with van der Waals surface area (Å²) < 4.78 is 12.9. The Morgan fingerprint density at radius 1 is 1.83 bits per heavy atom. The van der Waals surface area contributed by atoms with E-state index in [2.05, 4.69) is 10.6 Å². The third-order valence-corrected chi connectivity index (χ3v) is 1.30. The van der Waals surface area contributed by atoms with E-state index in [-0.39, 0.29) is 0 Å². The third-order valence-electron chi connectivity index (χ3n) is 0.432. The molecule has 0 aromatic rings. The lowest BCUT2D eigenvalue weighted by atomic mass is 11.6. The molecule has 1 atom stereocenters. The van der Waals surface area contributed by atoms with Crippen molar-refractivity contribution in [2.45, 2.75) is 0 Å². The van der Waals surface area contributed by atoms with E-state index in [1.54, 1.807) is 13.3 Å². The van der Waals surface area contributed by atoms with Gasteiger partial charge in [0.2, 0.25) is 0 Å². The van der Waals surface area contributed by atoms with Crippen molar-refractivity contribution in [3.63, 3.8) is 0 Å². The monoisotopic (exact) mass is 107 g/mol. The average Bonchev–Trinajstić information content (AvgIpc) is 1.35. The molecule has 3 heteroatoms. The first-order valence-electron chi connectivity index (χ1n) is 1.57. The summed E-state index contributed by atoms with van der Waals surface area (Å²) in [6, 6.07) is 0. The highest BCUT2D eigenvalue weighted by Gasteiger charge is 1.79. The predicted octanol–water partition coefficient (Wildman–Crippen LogP) is -0.533. The van der Waals surface area contributed by atoms with E-state index in [4.69, 9.17) is 0 Å². The largest absolute Gasteiger partial charge is 0.253 e. The van der Waals surface area contributed by atoms with Crippen LogP contribution in [0.1, 0.15) is 0 Å². The molecule has 38 valence electrons. The van der Waals surface area contributed by atoms with Gasteiger partial charge >= 0.3 is 0 Å². The Bertz CT molecular complexity index is 113. The van der Waals surface area contributed by atoms with Crippen LogP contribution in [0.3, 0.4) is 0 Å². The number of hydrogen-bond donors (Lipinski definition) is 1. The van der Waals surface area contributed by atoms with Crippen molar-refractivity contribution in [1.82, 2.24) is 4.72 Å². The highest BCUT2D eigenvalue weighted by atomic mass is 32.2. The van der Waals surface area contributed by atoms with Gasteiger partial charge in [-0.25, -0.2) is 4.72 Å². The topological polar surface area (TPSA) is 29.1 Å². The number of rotatable bonds is 1. The van der Waals surface area contributed by atoms with Crippen molar-refractivity contribution in [3.8, 4) is 0 Å². The van der Waals surface area contributed by atoms with Crippen LogP contribution < -0.4 is 4.72 Å². The zero-order valence-electron chi connectivity index (χ0n) is 4.02. The summed E-state index contributed by atoms with van der Waals surface area (Å²) in [5.41, 5.74) is 0. The van der Waals surface area contributed by atoms with Gasteiger partial charge in [0.1, 0.15) is 0 Å². The summed E-state index contributed by atoms with van der Waals surface area (Å²) >= 11 is 0. The Labute approximate surface area is 38.7 Å². The number of nitrogens with one attached hydrogen (secondary N) is 1. The first-order valence-corrected chi connectivity index (χ1v) is 3.70. The van der Waals surface area contributed by atoms with Gasteiger partial charge in [-0.2, -0.15) is 0 Å². The molecule has 2 nitrogen and oxygen atoms in total. The fourth-order valence-electron chi connectivity index (χ4n) is 0. The molecule has 6 heavy (non-hydrogen) atoms. The Hall–Kier alpha value is -0.0200. The van der Waals surface area contributed by atoms with E-state index in [9.17, 15) is 4.21 Å². The lowest BCUT2D eigenvalue weighted by Gasteiger charge is -1.92. The van der Waals surface area contributed by atoms with Crippen LogP contribution >= 0.6 is 0 Å². The van der Waals surface area contributed by atoms with E-state index in [1.165, 1.54) is 0 Å². The minimum atomic E-state index is -1.91. The van der Waals surface area contributed by atoms with E-state index in [0.29, 0.717) is 0 Å². The minimum Gasteiger partial charge on any atom is -0.253 e. The molecule has 0 aliphatic rings. The van der Waals surface area contributed by atoms with Gasteiger partial charge in [-0.1, -0.05) is 0 Å². The van der Waals surface area contributed by atoms with Gasteiger partial charge in [-0.3, -0.25) is 4.21 Å². The normalized spacial score (nSPS) is 19.7. The maximum absolute atomic E-state index is 10.3.